The summed E-state index contributed by atoms with van der Waals surface area (Å²) in [7, 11) is -4.24. The molecule has 25 heavy (non-hydrogen) atoms. The summed E-state index contributed by atoms with van der Waals surface area (Å²) in [5.41, 5.74) is -0.0668. The van der Waals surface area contributed by atoms with Gasteiger partial charge >= 0.3 is 0 Å². The Bertz CT molecular complexity index is 1120. The maximum Gasteiger partial charge on any atom is 0.279 e. The molecule has 0 radical (unpaired) electrons. The Morgan fingerprint density at radius 1 is 1.32 bits per heavy atom. The molecule has 3 rings (SSSR count). The van der Waals surface area contributed by atoms with Crippen molar-refractivity contribution in [3.8, 4) is 6.07 Å². The topological polar surface area (TPSA) is 100 Å². The highest BCUT2D eigenvalue weighted by molar-refractivity contribution is 7.92. The third-order valence-electron chi connectivity index (χ3n) is 3.41. The zero-order valence-electron chi connectivity index (χ0n) is 12.9. The highest BCUT2D eigenvalue weighted by atomic mass is 32.2. The van der Waals surface area contributed by atoms with Gasteiger partial charge in [-0.1, -0.05) is 0 Å². The van der Waals surface area contributed by atoms with E-state index in [1.165, 1.54) is 10.6 Å². The van der Waals surface area contributed by atoms with Crippen LogP contribution in [0.3, 0.4) is 0 Å². The SMILES string of the molecule is Cc1ccn2c(S(=O)(=O)Nc3cc(F)c(CC#N)cc3F)cnc2n1. The molecule has 0 saturated carbocycles. The molecule has 0 aliphatic heterocycles. The van der Waals surface area contributed by atoms with E-state index in [-0.39, 0.29) is 22.8 Å². The number of nitrogens with one attached hydrogen (secondary N) is 1. The van der Waals surface area contributed by atoms with Crippen LogP contribution in [-0.4, -0.2) is 22.8 Å². The number of rotatable bonds is 4. The smallest absolute Gasteiger partial charge is 0.275 e. The molecule has 1 N–H and O–H groups in total. The van der Waals surface area contributed by atoms with Gasteiger partial charge in [0.05, 0.1) is 24.4 Å². The van der Waals surface area contributed by atoms with Crippen molar-refractivity contribution in [1.82, 2.24) is 14.4 Å². The monoisotopic (exact) mass is 363 g/mol. The number of benzene rings is 1. The van der Waals surface area contributed by atoms with Gasteiger partial charge in [-0.05, 0) is 19.1 Å². The van der Waals surface area contributed by atoms with Crippen LogP contribution in [0.5, 0.6) is 0 Å². The second-order valence-corrected chi connectivity index (χ2v) is 6.83. The first-order chi connectivity index (χ1) is 11.8. The van der Waals surface area contributed by atoms with Gasteiger partial charge in [0, 0.05) is 23.5 Å². The van der Waals surface area contributed by atoms with E-state index < -0.39 is 27.3 Å². The predicted molar refractivity (Wildman–Crippen MR) is 84.2 cm³/mol. The molecule has 0 unspecified atom stereocenters. The first-order valence-corrected chi connectivity index (χ1v) is 8.48. The number of imidazole rings is 1. The van der Waals surface area contributed by atoms with Crippen LogP contribution < -0.4 is 4.72 Å². The van der Waals surface area contributed by atoms with Crippen molar-refractivity contribution in [1.29, 1.82) is 5.26 Å². The number of sulfonamides is 1. The van der Waals surface area contributed by atoms with Crippen LogP contribution >= 0.6 is 0 Å². The Labute approximate surface area is 141 Å². The highest BCUT2D eigenvalue weighted by Crippen LogP contribution is 2.23. The zero-order chi connectivity index (χ0) is 18.2. The van der Waals surface area contributed by atoms with Gasteiger partial charge < -0.3 is 0 Å². The van der Waals surface area contributed by atoms with E-state index in [0.29, 0.717) is 11.8 Å². The van der Waals surface area contributed by atoms with E-state index in [2.05, 4.69) is 9.97 Å². The number of nitrogens with zero attached hydrogens (tertiary/aromatic N) is 4. The number of fused-ring (bicyclic) bond motifs is 1. The van der Waals surface area contributed by atoms with Gasteiger partial charge in [-0.15, -0.1) is 0 Å². The molecule has 0 atom stereocenters. The average Bonchev–Trinajstić information content (AvgIpc) is 2.96. The molecule has 0 aliphatic carbocycles. The molecule has 10 heteroatoms. The van der Waals surface area contributed by atoms with Crippen LogP contribution in [0.25, 0.3) is 5.78 Å². The molecule has 0 bridgehead atoms. The summed E-state index contributed by atoms with van der Waals surface area (Å²) in [5.74, 6) is -1.70. The van der Waals surface area contributed by atoms with Crippen molar-refractivity contribution < 1.29 is 17.2 Å². The van der Waals surface area contributed by atoms with Crippen molar-refractivity contribution >= 4 is 21.5 Å². The highest BCUT2D eigenvalue weighted by Gasteiger charge is 2.22. The van der Waals surface area contributed by atoms with Gasteiger partial charge in [0.1, 0.15) is 11.6 Å². The lowest BCUT2D eigenvalue weighted by Crippen LogP contribution is -2.16. The van der Waals surface area contributed by atoms with Gasteiger partial charge in [0.2, 0.25) is 5.78 Å². The number of aromatic nitrogens is 3. The Balaban J connectivity index is 2.02. The first-order valence-electron chi connectivity index (χ1n) is 7.00. The molecule has 0 aliphatic rings. The fourth-order valence-corrected chi connectivity index (χ4v) is 3.36. The number of halogens is 2. The van der Waals surface area contributed by atoms with Crippen molar-refractivity contribution in [3.63, 3.8) is 0 Å². The van der Waals surface area contributed by atoms with Crippen LogP contribution in [0.2, 0.25) is 0 Å². The van der Waals surface area contributed by atoms with E-state index in [0.717, 1.165) is 12.3 Å². The summed E-state index contributed by atoms with van der Waals surface area (Å²) in [6, 6.07) is 4.78. The molecule has 0 saturated heterocycles. The third-order valence-corrected chi connectivity index (χ3v) is 4.75. The molecule has 2 heterocycles. The molecule has 0 fully saturated rings. The van der Waals surface area contributed by atoms with Gasteiger partial charge in [0.25, 0.3) is 10.0 Å². The van der Waals surface area contributed by atoms with Gasteiger partial charge in [-0.25, -0.2) is 18.7 Å². The summed E-state index contributed by atoms with van der Waals surface area (Å²) < 4.78 is 56.1. The fraction of sp³-hybridized carbons (Fsp3) is 0.133. The van der Waals surface area contributed by atoms with Gasteiger partial charge in [-0.2, -0.15) is 13.7 Å². The lowest BCUT2D eigenvalue weighted by Gasteiger charge is -2.10. The Kier molecular flexibility index (Phi) is 4.10. The van der Waals surface area contributed by atoms with Crippen molar-refractivity contribution in [2.24, 2.45) is 0 Å². The number of hydrogen-bond acceptors (Lipinski definition) is 5. The maximum atomic E-state index is 14.1. The molecule has 3 aromatic rings. The first kappa shape index (κ1) is 16.8. The summed E-state index contributed by atoms with van der Waals surface area (Å²) >= 11 is 0. The van der Waals surface area contributed by atoms with E-state index in [1.54, 1.807) is 19.1 Å². The summed E-state index contributed by atoms with van der Waals surface area (Å²) in [6.45, 7) is 1.72. The zero-order valence-corrected chi connectivity index (χ0v) is 13.7. The van der Waals surface area contributed by atoms with E-state index in [9.17, 15) is 17.2 Å². The minimum Gasteiger partial charge on any atom is -0.275 e. The van der Waals surface area contributed by atoms with E-state index in [4.69, 9.17) is 5.26 Å². The molecule has 2 aromatic heterocycles. The Morgan fingerprint density at radius 3 is 2.80 bits per heavy atom. The van der Waals surface area contributed by atoms with Crippen LogP contribution in [0.4, 0.5) is 14.5 Å². The molecular weight excluding hydrogens is 352 g/mol. The summed E-state index contributed by atoms with van der Waals surface area (Å²) in [5, 5.41) is 8.30. The second kappa shape index (κ2) is 6.10. The van der Waals surface area contributed by atoms with E-state index in [1.807, 2.05) is 4.72 Å². The molecular formula is C15H11F2N5O2S. The average molecular weight is 363 g/mol. The minimum absolute atomic E-state index is 0.155. The van der Waals surface area contributed by atoms with Gasteiger partial charge in [-0.3, -0.25) is 9.12 Å². The van der Waals surface area contributed by atoms with Crippen molar-refractivity contribution in [2.75, 3.05) is 4.72 Å². The Morgan fingerprint density at radius 2 is 2.08 bits per heavy atom. The van der Waals surface area contributed by atoms with Crippen LogP contribution in [-0.2, 0) is 16.4 Å². The lowest BCUT2D eigenvalue weighted by atomic mass is 10.1. The third kappa shape index (κ3) is 3.14. The Hall–Kier alpha value is -3.06. The molecule has 7 nitrogen and oxygen atoms in total. The molecule has 0 amide bonds. The van der Waals surface area contributed by atoms with E-state index >= 15 is 0 Å². The van der Waals surface area contributed by atoms with Crippen LogP contribution in [0.1, 0.15) is 11.3 Å². The van der Waals surface area contributed by atoms with Crippen molar-refractivity contribution in [3.05, 3.63) is 53.5 Å². The summed E-state index contributed by atoms with van der Waals surface area (Å²) in [6.07, 6.45) is 2.21. The molecule has 128 valence electrons. The quantitative estimate of drug-likeness (QED) is 0.766. The number of nitriles is 1. The molecule has 0 spiro atoms. The normalized spacial score (nSPS) is 11.4. The molecule has 1 aromatic carbocycles. The maximum absolute atomic E-state index is 14.1. The standard InChI is InChI=1S/C15H11F2N5O2S/c1-9-3-5-22-14(8-19-15(22)20-9)25(23,24)21-13-7-11(16)10(2-4-18)6-12(13)17/h3,5-8,21H,2H2,1H3. The second-order valence-electron chi connectivity index (χ2n) is 5.20. The van der Waals surface area contributed by atoms with Crippen LogP contribution in [0, 0.1) is 29.9 Å². The largest absolute Gasteiger partial charge is 0.279 e. The van der Waals surface area contributed by atoms with Crippen LogP contribution in [0.15, 0.2) is 35.6 Å². The number of anilines is 1. The lowest BCUT2D eigenvalue weighted by molar-refractivity contribution is 0.587. The number of hydrogen-bond donors (Lipinski definition) is 1. The minimum atomic E-state index is -4.24. The predicted octanol–water partition coefficient (Wildman–Crippen LogP) is 2.18. The van der Waals surface area contributed by atoms with Gasteiger partial charge in [0.15, 0.2) is 5.03 Å². The number of aryl methyl sites for hydroxylation is 1. The van der Waals surface area contributed by atoms with Crippen molar-refractivity contribution in [2.45, 2.75) is 18.4 Å². The fourth-order valence-electron chi connectivity index (χ4n) is 2.22. The summed E-state index contributed by atoms with van der Waals surface area (Å²) in [4.78, 5) is 7.97.